The van der Waals surface area contributed by atoms with Gasteiger partial charge in [0.15, 0.2) is 0 Å². The van der Waals surface area contributed by atoms with Gasteiger partial charge in [-0.3, -0.25) is 4.79 Å². The maximum Gasteiger partial charge on any atom is 0.251 e. The van der Waals surface area contributed by atoms with Gasteiger partial charge in [0.05, 0.1) is 0 Å². The highest BCUT2D eigenvalue weighted by molar-refractivity contribution is 5.96. The molecule has 0 radical (unpaired) electrons. The molecule has 1 unspecified atom stereocenters. The van der Waals surface area contributed by atoms with Crippen LogP contribution < -0.4 is 10.6 Å². The van der Waals surface area contributed by atoms with E-state index in [2.05, 4.69) is 35.8 Å². The molecule has 1 aliphatic rings. The number of rotatable bonds is 4. The number of nitrogens with one attached hydrogen (secondary N) is 2. The molecule has 0 bridgehead atoms. The minimum Gasteiger partial charge on any atom is -0.352 e. The maximum absolute atomic E-state index is 12.0. The van der Waals surface area contributed by atoms with Crippen molar-refractivity contribution in [3.05, 3.63) is 34.9 Å². The fraction of sp³-hybridized carbons (Fsp3) is 0.533. The Morgan fingerprint density at radius 2 is 2.28 bits per heavy atom. The lowest BCUT2D eigenvalue weighted by atomic mass is 9.95. The number of benzene rings is 1. The molecule has 3 nitrogen and oxygen atoms in total. The molecule has 98 valence electrons. The number of fused-ring (bicyclic) bond motifs is 1. The van der Waals surface area contributed by atoms with Gasteiger partial charge in [-0.2, -0.15) is 0 Å². The fourth-order valence-corrected chi connectivity index (χ4v) is 2.58. The summed E-state index contributed by atoms with van der Waals surface area (Å²) in [5.41, 5.74) is 3.26. The molecule has 2 N–H and O–H groups in total. The van der Waals surface area contributed by atoms with Gasteiger partial charge in [-0.05, 0) is 43.5 Å². The van der Waals surface area contributed by atoms with Crippen LogP contribution in [0.15, 0.2) is 18.2 Å². The van der Waals surface area contributed by atoms with E-state index in [0.29, 0.717) is 6.04 Å². The summed E-state index contributed by atoms with van der Waals surface area (Å²) in [6, 6.07) is 6.69. The number of amides is 1. The van der Waals surface area contributed by atoms with Crippen LogP contribution in [0.4, 0.5) is 0 Å². The molecular weight excluding hydrogens is 224 g/mol. The number of hydrogen-bond acceptors (Lipinski definition) is 2. The molecular formula is C15H22N2O. The molecule has 0 aromatic heterocycles. The van der Waals surface area contributed by atoms with Crippen molar-refractivity contribution in [3.63, 3.8) is 0 Å². The van der Waals surface area contributed by atoms with Gasteiger partial charge in [0, 0.05) is 18.2 Å². The standard InChI is InChI=1S/C15H22N2O/c1-3-5-14(16-2)12-8-7-11-6-4-9-17-15(18)13(11)10-12/h7-8,10,14,16H,3-6,9H2,1-2H3,(H,17,18). The molecule has 0 fully saturated rings. The summed E-state index contributed by atoms with van der Waals surface area (Å²) < 4.78 is 0. The van der Waals surface area contributed by atoms with E-state index in [4.69, 9.17) is 0 Å². The largest absolute Gasteiger partial charge is 0.352 e. The highest BCUT2D eigenvalue weighted by Gasteiger charge is 2.17. The van der Waals surface area contributed by atoms with Crippen molar-refractivity contribution in [3.8, 4) is 0 Å². The zero-order chi connectivity index (χ0) is 13.0. The Morgan fingerprint density at radius 3 is 3.00 bits per heavy atom. The van der Waals surface area contributed by atoms with Gasteiger partial charge in [0.25, 0.3) is 5.91 Å². The second-order valence-electron chi connectivity index (χ2n) is 4.91. The lowest BCUT2D eigenvalue weighted by Crippen LogP contribution is -2.23. The van der Waals surface area contributed by atoms with E-state index in [1.54, 1.807) is 0 Å². The van der Waals surface area contributed by atoms with Gasteiger partial charge in [-0.25, -0.2) is 0 Å². The zero-order valence-corrected chi connectivity index (χ0v) is 11.3. The second kappa shape index (κ2) is 6.01. The van der Waals surface area contributed by atoms with Crippen molar-refractivity contribution in [2.75, 3.05) is 13.6 Å². The van der Waals surface area contributed by atoms with Crippen molar-refractivity contribution in [2.24, 2.45) is 0 Å². The third-order valence-corrected chi connectivity index (χ3v) is 3.62. The smallest absolute Gasteiger partial charge is 0.251 e. The van der Waals surface area contributed by atoms with Crippen LogP contribution in [0.3, 0.4) is 0 Å². The Bertz CT molecular complexity index is 429. The molecule has 0 spiro atoms. The molecule has 1 atom stereocenters. The van der Waals surface area contributed by atoms with Crippen molar-refractivity contribution in [1.29, 1.82) is 0 Å². The normalized spacial score (nSPS) is 16.7. The molecule has 0 aliphatic carbocycles. The molecule has 2 rings (SSSR count). The summed E-state index contributed by atoms with van der Waals surface area (Å²) in [6.07, 6.45) is 4.25. The molecule has 1 aliphatic heterocycles. The Kier molecular flexibility index (Phi) is 4.37. The van der Waals surface area contributed by atoms with Gasteiger partial charge in [0.1, 0.15) is 0 Å². The van der Waals surface area contributed by atoms with Crippen LogP contribution in [0, 0.1) is 0 Å². The third kappa shape index (κ3) is 2.72. The molecule has 0 saturated carbocycles. The molecule has 1 amide bonds. The minimum atomic E-state index is 0.0794. The van der Waals surface area contributed by atoms with Crippen LogP contribution in [-0.2, 0) is 6.42 Å². The van der Waals surface area contributed by atoms with Gasteiger partial charge in [-0.1, -0.05) is 25.5 Å². The average molecular weight is 246 g/mol. The Hall–Kier alpha value is -1.35. The monoisotopic (exact) mass is 246 g/mol. The lowest BCUT2D eigenvalue weighted by Gasteiger charge is -2.17. The lowest BCUT2D eigenvalue weighted by molar-refractivity contribution is 0.0956. The maximum atomic E-state index is 12.0. The molecule has 1 aromatic rings. The highest BCUT2D eigenvalue weighted by Crippen LogP contribution is 2.23. The topological polar surface area (TPSA) is 41.1 Å². The van der Waals surface area contributed by atoms with E-state index in [0.717, 1.165) is 37.8 Å². The molecule has 3 heteroatoms. The van der Waals surface area contributed by atoms with Crippen molar-refractivity contribution in [1.82, 2.24) is 10.6 Å². The Morgan fingerprint density at radius 1 is 1.44 bits per heavy atom. The quantitative estimate of drug-likeness (QED) is 0.856. The Labute approximate surface area is 109 Å². The summed E-state index contributed by atoms with van der Waals surface area (Å²) in [5, 5.41) is 6.28. The molecule has 1 aromatic carbocycles. The predicted octanol–water partition coefficient (Wildman–Crippen LogP) is 2.42. The highest BCUT2D eigenvalue weighted by atomic mass is 16.1. The summed E-state index contributed by atoms with van der Waals surface area (Å²) in [4.78, 5) is 12.0. The zero-order valence-electron chi connectivity index (χ0n) is 11.3. The van der Waals surface area contributed by atoms with E-state index in [1.165, 1.54) is 11.1 Å². The summed E-state index contributed by atoms with van der Waals surface area (Å²) in [5.74, 6) is 0.0794. The molecule has 18 heavy (non-hydrogen) atoms. The summed E-state index contributed by atoms with van der Waals surface area (Å²) in [6.45, 7) is 2.97. The van der Waals surface area contributed by atoms with E-state index >= 15 is 0 Å². The predicted molar refractivity (Wildman–Crippen MR) is 73.8 cm³/mol. The first kappa shape index (κ1) is 13.1. The van der Waals surface area contributed by atoms with E-state index < -0.39 is 0 Å². The van der Waals surface area contributed by atoms with E-state index in [1.807, 2.05) is 7.05 Å². The fourth-order valence-electron chi connectivity index (χ4n) is 2.58. The van der Waals surface area contributed by atoms with Crippen LogP contribution in [0.1, 0.15) is 53.7 Å². The van der Waals surface area contributed by atoms with Crippen LogP contribution in [0.2, 0.25) is 0 Å². The first-order valence-electron chi connectivity index (χ1n) is 6.84. The van der Waals surface area contributed by atoms with Gasteiger partial charge in [-0.15, -0.1) is 0 Å². The van der Waals surface area contributed by atoms with Crippen LogP contribution in [-0.4, -0.2) is 19.5 Å². The first-order chi connectivity index (χ1) is 8.76. The van der Waals surface area contributed by atoms with Gasteiger partial charge in [0.2, 0.25) is 0 Å². The SMILES string of the molecule is CCCC(NC)c1ccc2c(c1)C(=O)NCCC2. The number of aryl methyl sites for hydroxylation is 1. The first-order valence-corrected chi connectivity index (χ1v) is 6.84. The van der Waals surface area contributed by atoms with Gasteiger partial charge >= 0.3 is 0 Å². The number of hydrogen-bond donors (Lipinski definition) is 2. The third-order valence-electron chi connectivity index (χ3n) is 3.62. The summed E-state index contributed by atoms with van der Waals surface area (Å²) >= 11 is 0. The number of carbonyl (C=O) groups excluding carboxylic acids is 1. The van der Waals surface area contributed by atoms with Crippen molar-refractivity contribution < 1.29 is 4.79 Å². The second-order valence-corrected chi connectivity index (χ2v) is 4.91. The Balaban J connectivity index is 2.32. The average Bonchev–Trinajstić information content (AvgIpc) is 2.58. The van der Waals surface area contributed by atoms with Crippen molar-refractivity contribution >= 4 is 5.91 Å². The van der Waals surface area contributed by atoms with E-state index in [-0.39, 0.29) is 5.91 Å². The van der Waals surface area contributed by atoms with Crippen LogP contribution >= 0.6 is 0 Å². The molecule has 0 saturated heterocycles. The molecule has 1 heterocycles. The van der Waals surface area contributed by atoms with Crippen LogP contribution in [0.5, 0.6) is 0 Å². The van der Waals surface area contributed by atoms with Crippen molar-refractivity contribution in [2.45, 2.75) is 38.6 Å². The summed E-state index contributed by atoms with van der Waals surface area (Å²) in [7, 11) is 1.98. The minimum absolute atomic E-state index is 0.0794. The van der Waals surface area contributed by atoms with Crippen LogP contribution in [0.25, 0.3) is 0 Å². The number of carbonyl (C=O) groups is 1. The van der Waals surface area contributed by atoms with E-state index in [9.17, 15) is 4.79 Å². The van der Waals surface area contributed by atoms with Gasteiger partial charge < -0.3 is 10.6 Å².